The smallest absolute Gasteiger partial charge is 0.233 e. The van der Waals surface area contributed by atoms with Crippen LogP contribution in [0.5, 0.6) is 5.75 Å². The summed E-state index contributed by atoms with van der Waals surface area (Å²) in [6, 6.07) is 5.83. The van der Waals surface area contributed by atoms with Crippen molar-refractivity contribution in [1.82, 2.24) is 20.3 Å². The maximum atomic E-state index is 8.94. The van der Waals surface area contributed by atoms with Gasteiger partial charge in [0.05, 0.1) is 12.1 Å². The number of aromatic nitrogens is 3. The average Bonchev–Trinajstić information content (AvgIpc) is 2.79. The van der Waals surface area contributed by atoms with Gasteiger partial charge < -0.3 is 30.7 Å². The number of hydrogen-bond donors (Lipinski definition) is 4. The summed E-state index contributed by atoms with van der Waals surface area (Å²) in [5.74, 6) is 2.21. The Morgan fingerprint density at radius 3 is 2.68 bits per heavy atom. The van der Waals surface area contributed by atoms with Crippen molar-refractivity contribution < 1.29 is 11.3 Å². The van der Waals surface area contributed by atoms with Crippen molar-refractivity contribution in [3.05, 3.63) is 23.2 Å². The van der Waals surface area contributed by atoms with E-state index in [0.717, 1.165) is 57.4 Å². The minimum Gasteiger partial charge on any atom is -0.495 e. The van der Waals surface area contributed by atoms with Gasteiger partial charge in [-0.3, -0.25) is 0 Å². The number of methoxy groups -OCH3 is 1. The molecule has 0 spiro atoms. The third-order valence-electron chi connectivity index (χ3n) is 5.32. The van der Waals surface area contributed by atoms with Crippen LogP contribution in [0.4, 0.5) is 23.5 Å². The van der Waals surface area contributed by atoms with E-state index in [1.807, 2.05) is 13.1 Å². The summed E-state index contributed by atoms with van der Waals surface area (Å²) < 4.78 is 5.22. The van der Waals surface area contributed by atoms with E-state index in [4.69, 9.17) is 21.4 Å². The van der Waals surface area contributed by atoms with Gasteiger partial charge in [-0.05, 0) is 63.4 Å². The number of ether oxygens (including phenoxy) is 1. The SMILES string of the molecule is COc1ccc(Nc2nc(NCCCCCO)nc(N(C)C3CCNCC3)n2)cc1Cl.[HH]. The van der Waals surface area contributed by atoms with E-state index in [1.165, 1.54) is 0 Å². The Kier molecular flexibility index (Phi) is 8.93. The molecule has 3 rings (SSSR count). The van der Waals surface area contributed by atoms with Crippen LogP contribution in [0.2, 0.25) is 5.02 Å². The van der Waals surface area contributed by atoms with Gasteiger partial charge in [0.1, 0.15) is 5.75 Å². The second-order valence-electron chi connectivity index (χ2n) is 7.56. The second-order valence-corrected chi connectivity index (χ2v) is 7.97. The number of unbranched alkanes of at least 4 members (excludes halogenated alkanes) is 2. The van der Waals surface area contributed by atoms with Crippen molar-refractivity contribution in [2.24, 2.45) is 0 Å². The van der Waals surface area contributed by atoms with Gasteiger partial charge >= 0.3 is 0 Å². The Hall–Kier alpha value is -2.36. The molecule has 31 heavy (non-hydrogen) atoms. The summed E-state index contributed by atoms with van der Waals surface area (Å²) in [4.78, 5) is 16.0. The number of piperidine rings is 1. The third-order valence-corrected chi connectivity index (χ3v) is 5.62. The van der Waals surface area contributed by atoms with Gasteiger partial charge in [0.2, 0.25) is 17.8 Å². The lowest BCUT2D eigenvalue weighted by molar-refractivity contribution is 0.283. The number of benzene rings is 1. The maximum absolute atomic E-state index is 8.94. The molecule has 1 aliphatic rings. The first-order chi connectivity index (χ1) is 15.1. The zero-order chi connectivity index (χ0) is 22.1. The molecule has 2 heterocycles. The summed E-state index contributed by atoms with van der Waals surface area (Å²) in [5.41, 5.74) is 0.765. The largest absolute Gasteiger partial charge is 0.495 e. The first-order valence-electron chi connectivity index (χ1n) is 10.8. The predicted octanol–water partition coefficient (Wildman–Crippen LogP) is 3.29. The molecule has 0 aliphatic carbocycles. The molecule has 9 nitrogen and oxygen atoms in total. The van der Waals surface area contributed by atoms with Crippen LogP contribution in [0.3, 0.4) is 0 Å². The molecule has 1 saturated heterocycles. The lowest BCUT2D eigenvalue weighted by atomic mass is 10.1. The van der Waals surface area contributed by atoms with Crippen LogP contribution in [-0.2, 0) is 0 Å². The Bertz CT molecular complexity index is 840. The van der Waals surface area contributed by atoms with Gasteiger partial charge in [-0.1, -0.05) is 11.6 Å². The minimum absolute atomic E-state index is 0. The van der Waals surface area contributed by atoms with Crippen LogP contribution >= 0.6 is 11.6 Å². The van der Waals surface area contributed by atoms with E-state index in [-0.39, 0.29) is 8.03 Å². The fourth-order valence-corrected chi connectivity index (χ4v) is 3.76. The van der Waals surface area contributed by atoms with Crippen molar-refractivity contribution in [2.75, 3.05) is 55.9 Å². The van der Waals surface area contributed by atoms with Crippen molar-refractivity contribution in [3.8, 4) is 5.75 Å². The summed E-state index contributed by atoms with van der Waals surface area (Å²) in [5, 5.41) is 19.4. The number of anilines is 4. The van der Waals surface area contributed by atoms with E-state index < -0.39 is 0 Å². The number of rotatable bonds is 11. The zero-order valence-corrected chi connectivity index (χ0v) is 19.0. The molecule has 1 aliphatic heterocycles. The number of aliphatic hydroxyl groups excluding tert-OH is 1. The Morgan fingerprint density at radius 2 is 1.97 bits per heavy atom. The Labute approximate surface area is 190 Å². The Balaban J connectivity index is 0.00000363. The van der Waals surface area contributed by atoms with Crippen molar-refractivity contribution in [2.45, 2.75) is 38.1 Å². The van der Waals surface area contributed by atoms with Crippen LogP contribution in [0, 0.1) is 0 Å². The summed E-state index contributed by atoms with van der Waals surface area (Å²) in [6.07, 6.45) is 4.77. The number of nitrogens with zero attached hydrogens (tertiary/aromatic N) is 4. The molecule has 0 amide bonds. The molecule has 0 saturated carbocycles. The molecule has 172 valence electrons. The lowest BCUT2D eigenvalue weighted by Crippen LogP contribution is -2.42. The van der Waals surface area contributed by atoms with E-state index in [9.17, 15) is 0 Å². The Morgan fingerprint density at radius 1 is 1.19 bits per heavy atom. The fraction of sp³-hybridized carbons (Fsp3) is 0.571. The molecule has 0 unspecified atom stereocenters. The van der Waals surface area contributed by atoms with Crippen molar-refractivity contribution >= 4 is 35.1 Å². The van der Waals surface area contributed by atoms with Crippen LogP contribution in [0.1, 0.15) is 33.5 Å². The first-order valence-corrected chi connectivity index (χ1v) is 11.1. The normalized spacial score (nSPS) is 14.3. The number of halogens is 1. The molecule has 0 bridgehead atoms. The van der Waals surface area contributed by atoms with Crippen molar-refractivity contribution in [3.63, 3.8) is 0 Å². The van der Waals surface area contributed by atoms with E-state index in [2.05, 4.69) is 35.8 Å². The summed E-state index contributed by atoms with van der Waals surface area (Å²) in [7, 11) is 3.62. The van der Waals surface area contributed by atoms with Gasteiger partial charge in [-0.25, -0.2) is 0 Å². The zero-order valence-electron chi connectivity index (χ0n) is 18.2. The molecule has 4 N–H and O–H groups in total. The van der Waals surface area contributed by atoms with Gasteiger partial charge in [0.15, 0.2) is 0 Å². The quantitative estimate of drug-likeness (QED) is 0.383. The monoisotopic (exact) mass is 451 g/mol. The van der Waals surface area contributed by atoms with Crippen LogP contribution < -0.4 is 25.6 Å². The van der Waals surface area contributed by atoms with Gasteiger partial charge in [0, 0.05) is 33.4 Å². The number of nitrogens with one attached hydrogen (secondary N) is 3. The average molecular weight is 452 g/mol. The standard InChI is InChI=1S/C21H32ClN7O2.H2/c1-29(16-8-11-23-12-9-16)21-27-19(24-10-4-3-5-13-30)26-20(28-21)25-15-6-7-18(31-2)17(22)14-15;/h6-7,14,16,23,30H,3-5,8-13H2,1-2H3,(H2,24,25,26,27,28);1H. The highest BCUT2D eigenvalue weighted by Gasteiger charge is 2.21. The lowest BCUT2D eigenvalue weighted by Gasteiger charge is -2.31. The predicted molar refractivity (Wildman–Crippen MR) is 127 cm³/mol. The topological polar surface area (TPSA) is 107 Å². The molecule has 0 radical (unpaired) electrons. The highest BCUT2D eigenvalue weighted by atomic mass is 35.5. The molecule has 10 heteroatoms. The molecule has 1 aromatic heterocycles. The van der Waals surface area contributed by atoms with Crippen molar-refractivity contribution in [1.29, 1.82) is 0 Å². The van der Waals surface area contributed by atoms with E-state index in [1.54, 1.807) is 19.2 Å². The third kappa shape index (κ3) is 6.81. The molecule has 0 atom stereocenters. The first kappa shape index (κ1) is 23.3. The highest BCUT2D eigenvalue weighted by Crippen LogP contribution is 2.29. The van der Waals surface area contributed by atoms with Crippen LogP contribution in [-0.4, -0.2) is 66.5 Å². The molecule has 1 fully saturated rings. The number of hydrogen-bond acceptors (Lipinski definition) is 9. The van der Waals surface area contributed by atoms with Crippen LogP contribution in [0.15, 0.2) is 18.2 Å². The van der Waals surface area contributed by atoms with Gasteiger partial charge in [-0.2, -0.15) is 15.0 Å². The van der Waals surface area contributed by atoms with Gasteiger partial charge in [0.25, 0.3) is 0 Å². The molecule has 2 aromatic rings. The summed E-state index contributed by atoms with van der Waals surface area (Å²) >= 11 is 6.26. The second kappa shape index (κ2) is 11.9. The van der Waals surface area contributed by atoms with Crippen LogP contribution in [0.25, 0.3) is 0 Å². The molecular formula is C21H34ClN7O2. The minimum atomic E-state index is 0. The summed E-state index contributed by atoms with van der Waals surface area (Å²) in [6.45, 7) is 2.93. The highest BCUT2D eigenvalue weighted by molar-refractivity contribution is 6.32. The van der Waals surface area contributed by atoms with E-state index in [0.29, 0.717) is 34.7 Å². The van der Waals surface area contributed by atoms with E-state index >= 15 is 0 Å². The molecular weight excluding hydrogens is 418 g/mol. The molecule has 1 aromatic carbocycles. The fourth-order valence-electron chi connectivity index (χ4n) is 3.50. The maximum Gasteiger partial charge on any atom is 0.233 e. The number of aliphatic hydroxyl groups is 1. The van der Waals surface area contributed by atoms with Gasteiger partial charge in [-0.15, -0.1) is 0 Å².